The maximum absolute atomic E-state index is 5.78. The molecule has 0 aromatic carbocycles. The SMILES string of the molecule is CCCOCCOCCOCCn1cc(C2CC(C)CC(C)C2N2CN=[N+](C3C(C)CC(C)CC3c3cn(C)nn3)N2)nn1. The summed E-state index contributed by atoms with van der Waals surface area (Å²) in [7, 11) is 1.94. The maximum Gasteiger partial charge on any atom is 0.221 e. The summed E-state index contributed by atoms with van der Waals surface area (Å²) in [5.74, 6) is 2.80. The van der Waals surface area contributed by atoms with Crippen LogP contribution < -0.4 is 5.53 Å². The molecule has 2 aliphatic carbocycles. The lowest BCUT2D eigenvalue weighted by molar-refractivity contribution is -0.695. The number of hydrazine groups is 2. The third-order valence-corrected chi connectivity index (χ3v) is 9.59. The number of aromatic nitrogens is 6. The Balaban J connectivity index is 1.18. The minimum atomic E-state index is 0.227. The molecule has 8 unspecified atom stereocenters. The molecule has 0 spiro atoms. The lowest BCUT2D eigenvalue weighted by Gasteiger charge is -2.41. The topological polar surface area (TPSA) is 120 Å². The van der Waals surface area contributed by atoms with Crippen molar-refractivity contribution < 1.29 is 19.0 Å². The molecule has 246 valence electrons. The molecule has 2 fully saturated rings. The van der Waals surface area contributed by atoms with Crippen LogP contribution in [0.25, 0.3) is 0 Å². The maximum atomic E-state index is 5.78. The van der Waals surface area contributed by atoms with Crippen LogP contribution in [0.5, 0.6) is 0 Å². The van der Waals surface area contributed by atoms with Crippen LogP contribution in [0.4, 0.5) is 0 Å². The molecule has 1 aliphatic heterocycles. The minimum absolute atomic E-state index is 0.227. The first kappa shape index (κ1) is 32.9. The standard InChI is InChI=1S/C31H55N10O3/c1-7-9-42-11-13-44-14-12-43-10-8-39-20-29(34-36-39)26-17-22(2)15-24(4)30(26)40-21-32-41(37-40)31-25(5)16-23(3)18-27(31)28-19-38(6)35-33-28/h19-20,22-27,30-31H,7-18,21H2,1-6H3,(H,32,37)/q+1. The number of ether oxygens (including phenoxy) is 3. The van der Waals surface area contributed by atoms with Gasteiger partial charge in [0.25, 0.3) is 0 Å². The molecule has 0 saturated heterocycles. The van der Waals surface area contributed by atoms with E-state index in [9.17, 15) is 0 Å². The number of azo groups is 1. The first-order chi connectivity index (χ1) is 21.3. The Hall–Kier alpha value is -2.48. The van der Waals surface area contributed by atoms with Crippen molar-refractivity contribution in [3.8, 4) is 0 Å². The second-order valence-electron chi connectivity index (χ2n) is 13.6. The van der Waals surface area contributed by atoms with Gasteiger partial charge in [0, 0.05) is 53.8 Å². The van der Waals surface area contributed by atoms with Gasteiger partial charge in [-0.2, -0.15) is 0 Å². The zero-order chi connectivity index (χ0) is 31.1. The van der Waals surface area contributed by atoms with Gasteiger partial charge in [0.1, 0.15) is 0 Å². The summed E-state index contributed by atoms with van der Waals surface area (Å²) in [6.45, 7) is 16.6. The Morgan fingerprint density at radius 3 is 2.14 bits per heavy atom. The summed E-state index contributed by atoms with van der Waals surface area (Å²) in [5, 5.41) is 25.4. The first-order valence-electron chi connectivity index (χ1n) is 16.8. The molecule has 0 radical (unpaired) electrons. The Morgan fingerprint density at radius 2 is 1.43 bits per heavy atom. The monoisotopic (exact) mass is 615 g/mol. The van der Waals surface area contributed by atoms with Gasteiger partial charge in [0.15, 0.2) is 6.67 Å². The third kappa shape index (κ3) is 8.21. The fraction of sp³-hybridized carbons (Fsp3) is 0.871. The minimum Gasteiger partial charge on any atom is -0.379 e. The molecule has 2 aromatic heterocycles. The zero-order valence-corrected chi connectivity index (χ0v) is 27.7. The van der Waals surface area contributed by atoms with Crippen LogP contribution in [0.1, 0.15) is 89.9 Å². The van der Waals surface area contributed by atoms with Gasteiger partial charge in [-0.25, -0.2) is 4.68 Å². The van der Waals surface area contributed by atoms with Crippen LogP contribution >= 0.6 is 0 Å². The number of hydrogen-bond donors (Lipinski definition) is 1. The molecule has 0 bridgehead atoms. The molecule has 13 heteroatoms. The zero-order valence-electron chi connectivity index (χ0n) is 27.7. The number of nitrogens with one attached hydrogen (secondary N) is 1. The molecular formula is C31H55N10O3+. The van der Waals surface area contributed by atoms with Crippen LogP contribution in [0.15, 0.2) is 17.5 Å². The van der Waals surface area contributed by atoms with E-state index in [2.05, 4.69) is 83.0 Å². The van der Waals surface area contributed by atoms with E-state index in [0.29, 0.717) is 69.9 Å². The lowest BCUT2D eigenvalue weighted by Crippen LogP contribution is -2.55. The third-order valence-electron chi connectivity index (χ3n) is 9.59. The average molecular weight is 616 g/mol. The highest BCUT2D eigenvalue weighted by atomic mass is 16.5. The predicted molar refractivity (Wildman–Crippen MR) is 164 cm³/mol. The van der Waals surface area contributed by atoms with Gasteiger partial charge in [-0.15, -0.1) is 15.2 Å². The van der Waals surface area contributed by atoms with Crippen molar-refractivity contribution in [1.29, 1.82) is 0 Å². The second kappa shape index (κ2) is 15.7. The summed E-state index contributed by atoms with van der Waals surface area (Å²) in [6, 6.07) is 0.498. The van der Waals surface area contributed by atoms with E-state index in [4.69, 9.17) is 19.3 Å². The summed E-state index contributed by atoms with van der Waals surface area (Å²) in [5.41, 5.74) is 5.88. The highest BCUT2D eigenvalue weighted by Crippen LogP contribution is 2.43. The van der Waals surface area contributed by atoms with E-state index in [-0.39, 0.29) is 23.9 Å². The predicted octanol–water partition coefficient (Wildman–Crippen LogP) is 3.76. The molecule has 3 aliphatic rings. The molecule has 3 heterocycles. The molecule has 44 heavy (non-hydrogen) atoms. The average Bonchev–Trinajstić information content (AvgIpc) is 3.75. The Kier molecular flexibility index (Phi) is 11.7. The van der Waals surface area contributed by atoms with Crippen molar-refractivity contribution in [3.63, 3.8) is 0 Å². The molecule has 2 saturated carbocycles. The van der Waals surface area contributed by atoms with E-state index in [1.54, 1.807) is 0 Å². The fourth-order valence-corrected chi connectivity index (χ4v) is 7.83. The van der Waals surface area contributed by atoms with Crippen molar-refractivity contribution in [2.45, 2.75) is 97.2 Å². The number of aryl methyl sites for hydroxylation is 1. The van der Waals surface area contributed by atoms with Gasteiger partial charge in [0.2, 0.25) is 6.04 Å². The van der Waals surface area contributed by atoms with E-state index in [1.165, 1.54) is 12.8 Å². The highest BCUT2D eigenvalue weighted by Gasteiger charge is 2.50. The quantitative estimate of drug-likeness (QED) is 0.236. The van der Waals surface area contributed by atoms with Gasteiger partial charge >= 0.3 is 0 Å². The van der Waals surface area contributed by atoms with Gasteiger partial charge < -0.3 is 14.2 Å². The lowest BCUT2D eigenvalue weighted by atomic mass is 9.71. The largest absolute Gasteiger partial charge is 0.379 e. The molecule has 2 aromatic rings. The van der Waals surface area contributed by atoms with Gasteiger partial charge in [-0.3, -0.25) is 4.68 Å². The second-order valence-corrected chi connectivity index (χ2v) is 13.6. The highest BCUT2D eigenvalue weighted by molar-refractivity contribution is 5.11. The van der Waals surface area contributed by atoms with Crippen molar-refractivity contribution >= 4 is 0 Å². The van der Waals surface area contributed by atoms with Crippen LogP contribution in [-0.2, 0) is 27.8 Å². The number of nitrogens with zero attached hydrogens (tertiary/aromatic N) is 9. The summed E-state index contributed by atoms with van der Waals surface area (Å²) in [6.07, 6.45) is 9.77. The number of rotatable bonds is 15. The van der Waals surface area contributed by atoms with Crippen molar-refractivity contribution in [2.24, 2.45) is 35.8 Å². The van der Waals surface area contributed by atoms with E-state index < -0.39 is 0 Å². The van der Waals surface area contributed by atoms with Crippen molar-refractivity contribution in [2.75, 3.05) is 46.3 Å². The van der Waals surface area contributed by atoms with Gasteiger partial charge in [-0.1, -0.05) is 50.6 Å². The fourth-order valence-electron chi connectivity index (χ4n) is 7.83. The molecule has 5 rings (SSSR count). The van der Waals surface area contributed by atoms with Gasteiger partial charge in [0.05, 0.1) is 56.9 Å². The molecule has 1 N–H and O–H groups in total. The van der Waals surface area contributed by atoms with Crippen LogP contribution in [-0.4, -0.2) is 98.2 Å². The molecule has 0 amide bonds. The summed E-state index contributed by atoms with van der Waals surface area (Å²) >= 11 is 0. The van der Waals surface area contributed by atoms with Crippen LogP contribution in [0.3, 0.4) is 0 Å². The van der Waals surface area contributed by atoms with E-state index in [1.807, 2.05) is 16.4 Å². The smallest absolute Gasteiger partial charge is 0.221 e. The van der Waals surface area contributed by atoms with Gasteiger partial charge in [-0.05, 0) is 49.9 Å². The molecule has 8 atom stereocenters. The molecular weight excluding hydrogens is 560 g/mol. The Bertz CT molecular complexity index is 1190. The first-order valence-corrected chi connectivity index (χ1v) is 16.8. The number of hydrogen-bond acceptors (Lipinski definition) is 10. The van der Waals surface area contributed by atoms with Crippen LogP contribution in [0, 0.1) is 23.7 Å². The normalized spacial score (nSPS) is 31.3. The molecule has 13 nitrogen and oxygen atoms in total. The summed E-state index contributed by atoms with van der Waals surface area (Å²) in [4.78, 5) is 2.15. The Labute approximate surface area is 262 Å². The van der Waals surface area contributed by atoms with Crippen molar-refractivity contribution in [3.05, 3.63) is 23.8 Å². The van der Waals surface area contributed by atoms with Crippen LogP contribution in [0.2, 0.25) is 0 Å². The van der Waals surface area contributed by atoms with E-state index >= 15 is 0 Å². The summed E-state index contributed by atoms with van der Waals surface area (Å²) < 4.78 is 20.5. The van der Waals surface area contributed by atoms with Crippen molar-refractivity contribution in [1.82, 2.24) is 40.5 Å². The van der Waals surface area contributed by atoms with E-state index in [0.717, 1.165) is 37.3 Å². The Morgan fingerprint density at radius 1 is 0.795 bits per heavy atom.